The molecule has 0 unspecified atom stereocenters. The maximum atomic E-state index is 12.2. The Kier molecular flexibility index (Phi) is 29.4. The average Bonchev–Trinajstić information content (AvgIpc) is 2.86. The van der Waals surface area contributed by atoms with Gasteiger partial charge in [-0.25, -0.2) is 0 Å². The van der Waals surface area contributed by atoms with Gasteiger partial charge in [0.1, 0.15) is 0 Å². The van der Waals surface area contributed by atoms with E-state index in [-0.39, 0.29) is 5.78 Å². The molecule has 204 valence electrons. The Balaban J connectivity index is 3.47. The number of hydrogen-bond donors (Lipinski definition) is 0. The van der Waals surface area contributed by atoms with Crippen LogP contribution in [0.4, 0.5) is 0 Å². The quantitative estimate of drug-likeness (QED) is 0.0438. The van der Waals surface area contributed by atoms with Crippen LogP contribution in [0.5, 0.6) is 0 Å². The van der Waals surface area contributed by atoms with Gasteiger partial charge in [-0.05, 0) is 12.8 Å². The van der Waals surface area contributed by atoms with E-state index in [2.05, 4.69) is 30.5 Å². The summed E-state index contributed by atoms with van der Waals surface area (Å²) in [4.78, 5) is 12.2. The van der Waals surface area contributed by atoms with E-state index in [4.69, 9.17) is 8.53 Å². The summed E-state index contributed by atoms with van der Waals surface area (Å²) < 4.78 is 10.8. The van der Waals surface area contributed by atoms with E-state index in [1.807, 2.05) is 0 Å². The molecule has 0 aliphatic heterocycles. The van der Waals surface area contributed by atoms with Gasteiger partial charge in [0, 0.05) is 6.42 Å². The van der Waals surface area contributed by atoms with Gasteiger partial charge in [-0.2, -0.15) is 0 Å². The smallest absolute Gasteiger partial charge is 0.485 e. The first kappa shape index (κ1) is 34.5. The SMILES string of the molecule is CCCCCCCCCCCCCCCCCCC(=O)C=C([O][Al])OCCCCCCCCCC. The molecule has 0 aromatic carbocycles. The van der Waals surface area contributed by atoms with Gasteiger partial charge in [0.2, 0.25) is 5.95 Å². The molecule has 0 aliphatic rings. The highest BCUT2D eigenvalue weighted by Gasteiger charge is 2.04. The van der Waals surface area contributed by atoms with Crippen molar-refractivity contribution in [1.82, 2.24) is 0 Å². The third-order valence-corrected chi connectivity index (χ3v) is 7.15. The average molecular weight is 507 g/mol. The molecular weight excluding hydrogens is 447 g/mol. The van der Waals surface area contributed by atoms with Crippen molar-refractivity contribution in [3.8, 4) is 0 Å². The monoisotopic (exact) mass is 506 g/mol. The van der Waals surface area contributed by atoms with Crippen molar-refractivity contribution >= 4 is 22.4 Å². The van der Waals surface area contributed by atoms with Gasteiger partial charge in [0.25, 0.3) is 0 Å². The van der Waals surface area contributed by atoms with Crippen molar-refractivity contribution in [2.24, 2.45) is 0 Å². The summed E-state index contributed by atoms with van der Waals surface area (Å²) in [5.74, 6) is 0.461. The second-order valence-corrected chi connectivity index (χ2v) is 10.7. The molecule has 0 amide bonds. The zero-order chi connectivity index (χ0) is 25.7. The lowest BCUT2D eigenvalue weighted by Crippen LogP contribution is -2.02. The molecule has 0 atom stereocenters. The van der Waals surface area contributed by atoms with Gasteiger partial charge >= 0.3 is 16.6 Å². The molecule has 4 heteroatoms. The molecule has 3 nitrogen and oxygen atoms in total. The Bertz CT molecular complexity index is 464. The zero-order valence-electron chi connectivity index (χ0n) is 23.8. The van der Waals surface area contributed by atoms with Crippen LogP contribution in [-0.4, -0.2) is 29.0 Å². The molecule has 0 rings (SSSR count). The third kappa shape index (κ3) is 28.0. The van der Waals surface area contributed by atoms with Gasteiger partial charge in [0.15, 0.2) is 5.78 Å². The van der Waals surface area contributed by atoms with Crippen LogP contribution in [0, 0.1) is 0 Å². The van der Waals surface area contributed by atoms with Gasteiger partial charge in [0.05, 0.1) is 12.7 Å². The number of ether oxygens (including phenoxy) is 1. The zero-order valence-corrected chi connectivity index (χ0v) is 24.9. The summed E-state index contributed by atoms with van der Waals surface area (Å²) in [5.41, 5.74) is 0. The summed E-state index contributed by atoms with van der Waals surface area (Å²) in [6.07, 6.45) is 33.9. The van der Waals surface area contributed by atoms with E-state index in [1.54, 1.807) is 0 Å². The van der Waals surface area contributed by atoms with Gasteiger partial charge in [-0.15, -0.1) is 0 Å². The van der Waals surface area contributed by atoms with Crippen molar-refractivity contribution in [2.75, 3.05) is 6.61 Å². The van der Waals surface area contributed by atoms with Crippen LogP contribution in [0.2, 0.25) is 0 Å². The second-order valence-electron chi connectivity index (χ2n) is 10.4. The molecule has 0 saturated carbocycles. The molecule has 0 saturated heterocycles. The maximum Gasteiger partial charge on any atom is 0.485 e. The summed E-state index contributed by atoms with van der Waals surface area (Å²) in [6, 6.07) is 0. The van der Waals surface area contributed by atoms with Crippen LogP contribution in [0.1, 0.15) is 174 Å². The van der Waals surface area contributed by atoms with Gasteiger partial charge in [-0.3, -0.25) is 4.79 Å². The van der Waals surface area contributed by atoms with Crippen molar-refractivity contribution in [1.29, 1.82) is 0 Å². The van der Waals surface area contributed by atoms with Gasteiger partial charge < -0.3 is 8.53 Å². The van der Waals surface area contributed by atoms with Crippen molar-refractivity contribution in [2.45, 2.75) is 174 Å². The number of allylic oxidation sites excluding steroid dienone is 1. The summed E-state index contributed by atoms with van der Waals surface area (Å²) >= 11 is 2.20. The van der Waals surface area contributed by atoms with Crippen molar-refractivity contribution < 1.29 is 13.3 Å². The van der Waals surface area contributed by atoms with Crippen LogP contribution in [0.15, 0.2) is 12.0 Å². The molecule has 0 bridgehead atoms. The lowest BCUT2D eigenvalue weighted by atomic mass is 10.0. The highest BCUT2D eigenvalue weighted by molar-refractivity contribution is 5.99. The van der Waals surface area contributed by atoms with Crippen LogP contribution < -0.4 is 0 Å². The Labute approximate surface area is 228 Å². The minimum Gasteiger partial charge on any atom is -0.628 e. The lowest BCUT2D eigenvalue weighted by molar-refractivity contribution is -0.115. The van der Waals surface area contributed by atoms with E-state index in [0.717, 1.165) is 19.3 Å². The molecule has 0 aromatic heterocycles. The highest BCUT2D eigenvalue weighted by atomic mass is 27.1. The van der Waals surface area contributed by atoms with Gasteiger partial charge in [-0.1, -0.05) is 155 Å². The standard InChI is InChI=1S/C31H60O3.Al/c1-3-5-7-9-11-13-14-15-16-17-18-19-20-21-23-25-27-30(32)29-31(33)34-28-26-24-22-12-10-8-6-4-2;/h29,33H,3-28H2,1-2H3;/q;+1/p-1. The molecule has 0 heterocycles. The topological polar surface area (TPSA) is 35.5 Å². The predicted molar refractivity (Wildman–Crippen MR) is 153 cm³/mol. The fourth-order valence-electron chi connectivity index (χ4n) is 4.57. The van der Waals surface area contributed by atoms with Crippen LogP contribution in [0.3, 0.4) is 0 Å². The van der Waals surface area contributed by atoms with E-state index < -0.39 is 0 Å². The van der Waals surface area contributed by atoms with Crippen molar-refractivity contribution in [3.05, 3.63) is 12.0 Å². The number of ketones is 1. The van der Waals surface area contributed by atoms with E-state index >= 15 is 0 Å². The highest BCUT2D eigenvalue weighted by Crippen LogP contribution is 2.14. The minimum atomic E-state index is 0.115. The molecule has 2 radical (unpaired) electrons. The molecule has 0 N–H and O–H groups in total. The lowest BCUT2D eigenvalue weighted by Gasteiger charge is -2.10. The Morgan fingerprint density at radius 3 is 1.26 bits per heavy atom. The minimum absolute atomic E-state index is 0.115. The molecule has 35 heavy (non-hydrogen) atoms. The van der Waals surface area contributed by atoms with Crippen LogP contribution in [0.25, 0.3) is 0 Å². The Morgan fingerprint density at radius 1 is 0.543 bits per heavy atom. The largest absolute Gasteiger partial charge is 0.628 e. The predicted octanol–water partition coefficient (Wildman–Crippen LogP) is 10.3. The molecule has 0 aromatic rings. The molecule has 0 aliphatic carbocycles. The Hall–Kier alpha value is -0.458. The third-order valence-electron chi connectivity index (χ3n) is 6.91. The van der Waals surface area contributed by atoms with Crippen LogP contribution in [-0.2, 0) is 13.3 Å². The first-order valence-electron chi connectivity index (χ1n) is 15.5. The summed E-state index contributed by atoms with van der Waals surface area (Å²) in [5, 5.41) is 0. The fraction of sp³-hybridized carbons (Fsp3) is 0.903. The van der Waals surface area contributed by atoms with Crippen LogP contribution >= 0.6 is 0 Å². The molecule has 0 spiro atoms. The number of carbonyl (C=O) groups is 1. The molecule has 0 fully saturated rings. The normalized spacial score (nSPS) is 11.7. The summed E-state index contributed by atoms with van der Waals surface area (Å²) in [7, 11) is 0. The maximum absolute atomic E-state index is 12.2. The first-order valence-corrected chi connectivity index (χ1v) is 16.0. The van der Waals surface area contributed by atoms with E-state index in [9.17, 15) is 4.79 Å². The number of rotatable bonds is 29. The molecular formula is C31H59AlO3. The summed E-state index contributed by atoms with van der Waals surface area (Å²) in [6.45, 7) is 5.16. The second kappa shape index (κ2) is 29.8. The van der Waals surface area contributed by atoms with Crippen molar-refractivity contribution in [3.63, 3.8) is 0 Å². The van der Waals surface area contributed by atoms with E-state index in [1.165, 1.54) is 141 Å². The number of unbranched alkanes of at least 4 members (excludes halogenated alkanes) is 22. The Morgan fingerprint density at radius 2 is 0.886 bits per heavy atom. The number of carbonyl (C=O) groups excluding carboxylic acids is 1. The fourth-order valence-corrected chi connectivity index (χ4v) is 4.71. The number of hydrogen-bond acceptors (Lipinski definition) is 3. The first-order chi connectivity index (χ1) is 17.2. The van der Waals surface area contributed by atoms with E-state index in [0.29, 0.717) is 19.0 Å².